The van der Waals surface area contributed by atoms with E-state index in [4.69, 9.17) is 0 Å². The molecule has 1 unspecified atom stereocenters. The van der Waals surface area contributed by atoms with E-state index in [-0.39, 0.29) is 0 Å². The molecule has 0 aromatic carbocycles. The summed E-state index contributed by atoms with van der Waals surface area (Å²) in [6.45, 7) is 3.35. The zero-order valence-electron chi connectivity index (χ0n) is 3.65. The van der Waals surface area contributed by atoms with Gasteiger partial charge in [-0.05, 0) is 0 Å². The minimum Gasteiger partial charge on any atom is -0.303 e. The van der Waals surface area contributed by atoms with Crippen LogP contribution in [0, 0.1) is 0 Å². The van der Waals surface area contributed by atoms with Crippen molar-refractivity contribution in [2.24, 2.45) is 0 Å². The third kappa shape index (κ3) is 0.904. The molecule has 1 aliphatic rings. The Balaban J connectivity index is 2.18. The molecule has 0 aliphatic carbocycles. The molecule has 36 valence electrons. The highest BCUT2D eigenvalue weighted by molar-refractivity contribution is 7.13. The van der Waals surface area contributed by atoms with Crippen molar-refractivity contribution >= 4 is 9.39 Å². The first-order chi connectivity index (χ1) is 2.89. The van der Waals surface area contributed by atoms with Crippen molar-refractivity contribution in [2.45, 2.75) is 0 Å². The van der Waals surface area contributed by atoms with Crippen molar-refractivity contribution in [3.8, 4) is 0 Å². The maximum atomic E-state index is 3.18. The van der Waals surface area contributed by atoms with Crippen LogP contribution >= 0.6 is 9.39 Å². The predicted molar refractivity (Wildman–Crippen MR) is 29.3 cm³/mol. The molecule has 1 atom stereocenters. The highest BCUT2D eigenvalue weighted by Gasteiger charge is 2.01. The van der Waals surface area contributed by atoms with E-state index in [1.807, 2.05) is 0 Å². The molecule has 0 spiro atoms. The minimum atomic E-state index is 1.03. The third-order valence-corrected chi connectivity index (χ3v) is 1.33. The Bertz CT molecular complexity index is 42.1. The molecule has 0 radical (unpaired) electrons. The van der Waals surface area contributed by atoms with Crippen LogP contribution in [0.4, 0.5) is 0 Å². The first-order valence-corrected chi connectivity index (χ1v) is 2.61. The zero-order chi connectivity index (χ0) is 4.41. The van der Waals surface area contributed by atoms with Gasteiger partial charge >= 0.3 is 0 Å². The minimum absolute atomic E-state index is 1.03. The van der Waals surface area contributed by atoms with Gasteiger partial charge in [-0.2, -0.15) is 0 Å². The number of hydrogen-bond acceptors (Lipinski definition) is 2. The van der Waals surface area contributed by atoms with Crippen LogP contribution in [0.5, 0.6) is 0 Å². The lowest BCUT2D eigenvalue weighted by Gasteiger charge is -1.99. The first kappa shape index (κ1) is 4.51. The molecule has 1 N–H and O–H groups in total. The van der Waals surface area contributed by atoms with Crippen LogP contribution in [0.3, 0.4) is 0 Å². The van der Waals surface area contributed by atoms with Crippen molar-refractivity contribution in [3.05, 3.63) is 0 Å². The van der Waals surface area contributed by atoms with Gasteiger partial charge in [-0.1, -0.05) is 9.39 Å². The summed E-state index contributed by atoms with van der Waals surface area (Å²) in [6.07, 6.45) is 0. The normalized spacial score (nSPS) is 25.5. The van der Waals surface area contributed by atoms with E-state index in [1.165, 1.54) is 6.54 Å². The van der Waals surface area contributed by atoms with Crippen molar-refractivity contribution in [2.75, 3.05) is 19.8 Å². The highest BCUT2D eigenvalue weighted by atomic mass is 31.0. The average Bonchev–Trinajstić information content (AvgIpc) is 1.86. The second-order valence-corrected chi connectivity index (χ2v) is 2.20. The molecule has 1 heterocycles. The lowest BCUT2D eigenvalue weighted by Crippen LogP contribution is -2.09. The number of nitrogens with one attached hydrogen (secondary N) is 1. The standard InChI is InChI=1S/C3H9N2P/c6-5-2-1-4-3-5/h4H,1-3,6H2. The number of hydrogen-bond donors (Lipinski definition) is 1. The quantitative estimate of drug-likeness (QED) is 0.422. The molecule has 1 fully saturated rings. The van der Waals surface area contributed by atoms with E-state index < -0.39 is 0 Å². The molecule has 0 aromatic rings. The van der Waals surface area contributed by atoms with Crippen LogP contribution in [0.15, 0.2) is 0 Å². The number of rotatable bonds is 0. The SMILES string of the molecule is PN1CCNC1. The van der Waals surface area contributed by atoms with Gasteiger partial charge in [-0.15, -0.1) is 0 Å². The maximum Gasteiger partial charge on any atom is 0.0513 e. The second kappa shape index (κ2) is 1.87. The molecule has 0 amide bonds. The van der Waals surface area contributed by atoms with E-state index in [1.54, 1.807) is 0 Å². The molecule has 0 saturated carbocycles. The summed E-state index contributed by atoms with van der Waals surface area (Å²) in [4.78, 5) is 0. The Hall–Kier alpha value is 0.350. The Morgan fingerprint density at radius 1 is 1.67 bits per heavy atom. The summed E-state index contributed by atoms with van der Waals surface area (Å²) < 4.78 is 2.17. The summed E-state index contributed by atoms with van der Waals surface area (Å²) >= 11 is 0. The average molecular weight is 104 g/mol. The fraction of sp³-hybridized carbons (Fsp3) is 1.00. The predicted octanol–water partition coefficient (Wildman–Crippen LogP) is -0.361. The molecular formula is C3H9N2P. The Kier molecular flexibility index (Phi) is 1.41. The smallest absolute Gasteiger partial charge is 0.0513 e. The highest BCUT2D eigenvalue weighted by Crippen LogP contribution is 1.97. The van der Waals surface area contributed by atoms with Gasteiger partial charge in [0.2, 0.25) is 0 Å². The van der Waals surface area contributed by atoms with Crippen LogP contribution in [-0.4, -0.2) is 24.4 Å². The molecule has 2 nitrogen and oxygen atoms in total. The molecular weight excluding hydrogens is 95.0 g/mol. The van der Waals surface area contributed by atoms with Crippen molar-refractivity contribution in [1.82, 2.24) is 9.99 Å². The summed E-state index contributed by atoms with van der Waals surface area (Å²) in [6, 6.07) is 0. The zero-order valence-corrected chi connectivity index (χ0v) is 4.80. The Morgan fingerprint density at radius 3 is 2.67 bits per heavy atom. The van der Waals surface area contributed by atoms with Gasteiger partial charge in [-0.25, -0.2) is 0 Å². The monoisotopic (exact) mass is 104 g/mol. The van der Waals surface area contributed by atoms with Crippen molar-refractivity contribution in [1.29, 1.82) is 0 Å². The van der Waals surface area contributed by atoms with Gasteiger partial charge in [-0.3, -0.25) is 4.67 Å². The molecule has 1 aliphatic heterocycles. The first-order valence-electron chi connectivity index (χ1n) is 2.10. The van der Waals surface area contributed by atoms with Gasteiger partial charge in [0.15, 0.2) is 0 Å². The van der Waals surface area contributed by atoms with Crippen LogP contribution in [0.2, 0.25) is 0 Å². The topological polar surface area (TPSA) is 15.3 Å². The van der Waals surface area contributed by atoms with Crippen molar-refractivity contribution < 1.29 is 0 Å². The van der Waals surface area contributed by atoms with Gasteiger partial charge in [0.05, 0.1) is 6.67 Å². The van der Waals surface area contributed by atoms with Gasteiger partial charge in [0, 0.05) is 13.1 Å². The van der Waals surface area contributed by atoms with Crippen LogP contribution < -0.4 is 5.32 Å². The van der Waals surface area contributed by atoms with E-state index in [9.17, 15) is 0 Å². The van der Waals surface area contributed by atoms with E-state index in [0.717, 1.165) is 13.2 Å². The summed E-state index contributed by atoms with van der Waals surface area (Å²) in [7, 11) is 2.64. The Morgan fingerprint density at radius 2 is 2.50 bits per heavy atom. The molecule has 6 heavy (non-hydrogen) atoms. The molecule has 1 saturated heterocycles. The largest absolute Gasteiger partial charge is 0.303 e. The van der Waals surface area contributed by atoms with E-state index in [0.29, 0.717) is 0 Å². The molecule has 0 bridgehead atoms. The van der Waals surface area contributed by atoms with Crippen LogP contribution in [0.25, 0.3) is 0 Å². The van der Waals surface area contributed by atoms with Crippen molar-refractivity contribution in [3.63, 3.8) is 0 Å². The van der Waals surface area contributed by atoms with Gasteiger partial charge < -0.3 is 5.32 Å². The van der Waals surface area contributed by atoms with E-state index >= 15 is 0 Å². The Labute approximate surface area is 40.2 Å². The lowest BCUT2D eigenvalue weighted by atomic mass is 10.7. The van der Waals surface area contributed by atoms with Gasteiger partial charge in [0.1, 0.15) is 0 Å². The third-order valence-electron chi connectivity index (χ3n) is 0.891. The van der Waals surface area contributed by atoms with Gasteiger partial charge in [0.25, 0.3) is 0 Å². The molecule has 0 aromatic heterocycles. The van der Waals surface area contributed by atoms with E-state index in [2.05, 4.69) is 19.4 Å². The number of nitrogens with zero attached hydrogens (tertiary/aromatic N) is 1. The lowest BCUT2D eigenvalue weighted by molar-refractivity contribution is 0.575. The fourth-order valence-corrected chi connectivity index (χ4v) is 0.783. The fourth-order valence-electron chi connectivity index (χ4n) is 0.524. The maximum absolute atomic E-state index is 3.18. The summed E-state index contributed by atoms with van der Waals surface area (Å²) in [5.74, 6) is 0. The van der Waals surface area contributed by atoms with Crippen LogP contribution in [0.1, 0.15) is 0 Å². The van der Waals surface area contributed by atoms with Crippen LogP contribution in [-0.2, 0) is 0 Å². The molecule has 1 rings (SSSR count). The summed E-state index contributed by atoms with van der Waals surface area (Å²) in [5, 5.41) is 3.18. The molecule has 3 heteroatoms. The summed E-state index contributed by atoms with van der Waals surface area (Å²) in [5.41, 5.74) is 0. The second-order valence-electron chi connectivity index (χ2n) is 1.47.